The quantitative estimate of drug-likeness (QED) is 0.580. The smallest absolute Gasteiger partial charge is 0.328 e. The van der Waals surface area contributed by atoms with Crippen molar-refractivity contribution in [1.29, 1.82) is 0 Å². The summed E-state index contributed by atoms with van der Waals surface area (Å²) in [5, 5.41) is 8.23. The molecule has 1 atom stereocenters. The van der Waals surface area contributed by atoms with Crippen LogP contribution in [0.3, 0.4) is 0 Å². The molecule has 1 aliphatic heterocycles. The molecule has 3 nitrogen and oxygen atoms in total. The van der Waals surface area contributed by atoms with Gasteiger partial charge >= 0.3 is 5.97 Å². The van der Waals surface area contributed by atoms with E-state index < -0.39 is 5.97 Å². The maximum absolute atomic E-state index is 10.0. The van der Waals surface area contributed by atoms with Gasteiger partial charge in [-0.3, -0.25) is 0 Å². The summed E-state index contributed by atoms with van der Waals surface area (Å²) in [5.41, 5.74) is 0. The average Bonchev–Trinajstić information content (AvgIpc) is 2.34. The fraction of sp³-hybridized carbons (Fsp3) is 0.571. The number of carbonyl (C=O) groups is 1. The van der Waals surface area contributed by atoms with Gasteiger partial charge in [-0.05, 0) is 18.9 Å². The van der Waals surface area contributed by atoms with Gasteiger partial charge < -0.3 is 9.84 Å². The van der Waals surface area contributed by atoms with Gasteiger partial charge in [-0.25, -0.2) is 4.79 Å². The second kappa shape index (κ2) is 3.37. The number of hydrogen-bond acceptors (Lipinski definition) is 2. The van der Waals surface area contributed by atoms with Crippen molar-refractivity contribution in [2.24, 2.45) is 0 Å². The molecule has 1 rings (SSSR count). The Balaban J connectivity index is 2.29. The molecule has 0 saturated carbocycles. The van der Waals surface area contributed by atoms with Crippen molar-refractivity contribution in [2.45, 2.75) is 18.9 Å². The molecular formula is C7H10O3. The summed E-state index contributed by atoms with van der Waals surface area (Å²) in [4.78, 5) is 10.0. The zero-order valence-corrected chi connectivity index (χ0v) is 5.62. The Morgan fingerprint density at radius 3 is 3.00 bits per heavy atom. The topological polar surface area (TPSA) is 46.5 Å². The molecule has 0 radical (unpaired) electrons. The van der Waals surface area contributed by atoms with Gasteiger partial charge in [-0.1, -0.05) is 0 Å². The summed E-state index contributed by atoms with van der Waals surface area (Å²) < 4.78 is 5.15. The van der Waals surface area contributed by atoms with Crippen molar-refractivity contribution in [3.05, 3.63) is 12.2 Å². The van der Waals surface area contributed by atoms with Gasteiger partial charge in [0.1, 0.15) is 0 Å². The Morgan fingerprint density at radius 1 is 1.70 bits per heavy atom. The van der Waals surface area contributed by atoms with Crippen LogP contribution in [0.4, 0.5) is 0 Å². The fourth-order valence-electron chi connectivity index (χ4n) is 0.944. The molecule has 0 aliphatic carbocycles. The number of aliphatic carboxylic acids is 1. The molecule has 0 amide bonds. The molecule has 3 heteroatoms. The van der Waals surface area contributed by atoms with Crippen molar-refractivity contribution in [2.75, 3.05) is 6.61 Å². The number of carboxylic acids is 1. The molecular weight excluding hydrogens is 132 g/mol. The molecule has 10 heavy (non-hydrogen) atoms. The normalized spacial score (nSPS) is 25.8. The van der Waals surface area contributed by atoms with Gasteiger partial charge in [0, 0.05) is 12.7 Å². The molecule has 0 aromatic rings. The van der Waals surface area contributed by atoms with Gasteiger partial charge in [0.2, 0.25) is 0 Å². The first-order valence-corrected chi connectivity index (χ1v) is 3.32. The van der Waals surface area contributed by atoms with Gasteiger partial charge in [-0.2, -0.15) is 0 Å². The van der Waals surface area contributed by atoms with E-state index in [0.29, 0.717) is 0 Å². The number of ether oxygens (including phenoxy) is 1. The number of carboxylic acid groups (broad SMARTS) is 1. The second-order valence-electron chi connectivity index (χ2n) is 2.25. The molecule has 1 heterocycles. The monoisotopic (exact) mass is 142 g/mol. The van der Waals surface area contributed by atoms with E-state index in [1.54, 1.807) is 6.08 Å². The Morgan fingerprint density at radius 2 is 2.50 bits per heavy atom. The lowest BCUT2D eigenvalue weighted by Crippen LogP contribution is -2.00. The van der Waals surface area contributed by atoms with E-state index in [9.17, 15) is 4.79 Å². The van der Waals surface area contributed by atoms with E-state index in [1.165, 1.54) is 0 Å². The third-order valence-corrected chi connectivity index (χ3v) is 1.42. The zero-order valence-electron chi connectivity index (χ0n) is 5.62. The highest BCUT2D eigenvalue weighted by molar-refractivity contribution is 5.79. The predicted octanol–water partition coefficient (Wildman–Crippen LogP) is 0.806. The van der Waals surface area contributed by atoms with Crippen LogP contribution in [0.2, 0.25) is 0 Å². The third-order valence-electron chi connectivity index (χ3n) is 1.42. The third kappa shape index (κ3) is 2.19. The molecule has 0 bridgehead atoms. The SMILES string of the molecule is O=C(O)/C=C\[C@H]1CCCO1. The van der Waals surface area contributed by atoms with Crippen molar-refractivity contribution >= 4 is 5.97 Å². The van der Waals surface area contributed by atoms with E-state index in [-0.39, 0.29) is 6.10 Å². The Labute approximate surface area is 59.3 Å². The summed E-state index contributed by atoms with van der Waals surface area (Å²) in [7, 11) is 0. The minimum atomic E-state index is -0.907. The fourth-order valence-corrected chi connectivity index (χ4v) is 0.944. The molecule has 1 N–H and O–H groups in total. The Kier molecular flexibility index (Phi) is 2.45. The number of hydrogen-bond donors (Lipinski definition) is 1. The second-order valence-corrected chi connectivity index (χ2v) is 2.25. The van der Waals surface area contributed by atoms with Crippen molar-refractivity contribution in [3.63, 3.8) is 0 Å². The highest BCUT2D eigenvalue weighted by atomic mass is 16.5. The van der Waals surface area contributed by atoms with Gasteiger partial charge in [-0.15, -0.1) is 0 Å². The highest BCUT2D eigenvalue weighted by Gasteiger charge is 2.11. The first kappa shape index (κ1) is 7.28. The first-order valence-electron chi connectivity index (χ1n) is 3.32. The molecule has 0 unspecified atom stereocenters. The lowest BCUT2D eigenvalue weighted by molar-refractivity contribution is -0.131. The van der Waals surface area contributed by atoms with Crippen LogP contribution in [0.25, 0.3) is 0 Å². The Bertz CT molecular complexity index is 145. The van der Waals surface area contributed by atoms with Crippen LogP contribution in [0.15, 0.2) is 12.2 Å². The lowest BCUT2D eigenvalue weighted by Gasteiger charge is -1.98. The Hall–Kier alpha value is -0.830. The first-order chi connectivity index (χ1) is 4.79. The molecule has 56 valence electrons. The van der Waals surface area contributed by atoms with Gasteiger partial charge in [0.15, 0.2) is 0 Å². The highest BCUT2D eigenvalue weighted by Crippen LogP contribution is 2.12. The lowest BCUT2D eigenvalue weighted by atomic mass is 10.2. The van der Waals surface area contributed by atoms with E-state index in [2.05, 4.69) is 0 Å². The van der Waals surface area contributed by atoms with Crippen molar-refractivity contribution in [1.82, 2.24) is 0 Å². The van der Waals surface area contributed by atoms with E-state index >= 15 is 0 Å². The number of rotatable bonds is 2. The molecule has 0 aromatic heterocycles. The largest absolute Gasteiger partial charge is 0.478 e. The summed E-state index contributed by atoms with van der Waals surface area (Å²) in [6.45, 7) is 0.759. The summed E-state index contributed by atoms with van der Waals surface area (Å²) >= 11 is 0. The maximum atomic E-state index is 10.0. The van der Waals surface area contributed by atoms with Crippen LogP contribution < -0.4 is 0 Å². The van der Waals surface area contributed by atoms with Gasteiger partial charge in [0.05, 0.1) is 6.10 Å². The van der Waals surface area contributed by atoms with Crippen LogP contribution in [0.5, 0.6) is 0 Å². The van der Waals surface area contributed by atoms with E-state index in [0.717, 1.165) is 25.5 Å². The standard InChI is InChI=1S/C7H10O3/c8-7(9)4-3-6-2-1-5-10-6/h3-4,6H,1-2,5H2,(H,8,9)/b4-3-/t6-/m1/s1. The van der Waals surface area contributed by atoms with E-state index in [4.69, 9.17) is 9.84 Å². The van der Waals surface area contributed by atoms with Crippen molar-refractivity contribution in [3.8, 4) is 0 Å². The minimum absolute atomic E-state index is 0.0381. The summed E-state index contributed by atoms with van der Waals surface area (Å²) in [5.74, 6) is -0.907. The molecule has 1 fully saturated rings. The van der Waals surface area contributed by atoms with Crippen LogP contribution in [0, 0.1) is 0 Å². The summed E-state index contributed by atoms with van der Waals surface area (Å²) in [6.07, 6.45) is 4.75. The van der Waals surface area contributed by atoms with Crippen LogP contribution in [-0.2, 0) is 9.53 Å². The zero-order chi connectivity index (χ0) is 7.40. The average molecular weight is 142 g/mol. The molecule has 0 aromatic carbocycles. The summed E-state index contributed by atoms with van der Waals surface area (Å²) in [6, 6.07) is 0. The van der Waals surface area contributed by atoms with Crippen molar-refractivity contribution < 1.29 is 14.6 Å². The van der Waals surface area contributed by atoms with Gasteiger partial charge in [0.25, 0.3) is 0 Å². The van der Waals surface area contributed by atoms with E-state index in [1.807, 2.05) is 0 Å². The molecule has 1 saturated heterocycles. The minimum Gasteiger partial charge on any atom is -0.478 e. The predicted molar refractivity (Wildman–Crippen MR) is 35.7 cm³/mol. The van der Waals surface area contributed by atoms with Crippen LogP contribution in [0.1, 0.15) is 12.8 Å². The maximum Gasteiger partial charge on any atom is 0.328 e. The van der Waals surface area contributed by atoms with Crippen LogP contribution >= 0.6 is 0 Å². The molecule has 1 aliphatic rings. The van der Waals surface area contributed by atoms with Crippen LogP contribution in [-0.4, -0.2) is 23.8 Å². The molecule has 0 spiro atoms.